The quantitative estimate of drug-likeness (QED) is 0.651. The SMILES string of the molecule is CC(CCl)Nc1ncnc2c1CCCCC2. The van der Waals surface area contributed by atoms with Gasteiger partial charge in [-0.2, -0.15) is 0 Å². The van der Waals surface area contributed by atoms with Crippen molar-refractivity contribution in [3.8, 4) is 0 Å². The van der Waals surface area contributed by atoms with Gasteiger partial charge in [0.25, 0.3) is 0 Å². The zero-order valence-electron chi connectivity index (χ0n) is 9.67. The number of aromatic nitrogens is 2. The molecular formula is C12H18ClN3. The maximum Gasteiger partial charge on any atom is 0.133 e. The molecule has 0 amide bonds. The molecule has 0 bridgehead atoms. The second kappa shape index (κ2) is 5.48. The molecule has 1 N–H and O–H groups in total. The van der Waals surface area contributed by atoms with Crippen molar-refractivity contribution in [3.05, 3.63) is 17.6 Å². The zero-order chi connectivity index (χ0) is 11.4. The van der Waals surface area contributed by atoms with Gasteiger partial charge >= 0.3 is 0 Å². The number of fused-ring (bicyclic) bond motifs is 1. The molecule has 1 heterocycles. The van der Waals surface area contributed by atoms with E-state index < -0.39 is 0 Å². The molecule has 0 aliphatic heterocycles. The molecule has 3 nitrogen and oxygen atoms in total. The average Bonchev–Trinajstić information content (AvgIpc) is 2.54. The zero-order valence-corrected chi connectivity index (χ0v) is 10.4. The van der Waals surface area contributed by atoms with Crippen LogP contribution < -0.4 is 5.32 Å². The van der Waals surface area contributed by atoms with Gasteiger partial charge in [0.05, 0.1) is 0 Å². The van der Waals surface area contributed by atoms with Gasteiger partial charge in [-0.25, -0.2) is 9.97 Å². The van der Waals surface area contributed by atoms with Gasteiger partial charge in [0.15, 0.2) is 0 Å². The Kier molecular flexibility index (Phi) is 3.99. The van der Waals surface area contributed by atoms with Gasteiger partial charge < -0.3 is 5.32 Å². The Morgan fingerprint density at radius 1 is 1.31 bits per heavy atom. The monoisotopic (exact) mass is 239 g/mol. The summed E-state index contributed by atoms with van der Waals surface area (Å²) in [5.74, 6) is 1.58. The van der Waals surface area contributed by atoms with Crippen LogP contribution in [0.4, 0.5) is 5.82 Å². The van der Waals surface area contributed by atoms with Crippen LogP contribution in [0.2, 0.25) is 0 Å². The maximum atomic E-state index is 5.81. The van der Waals surface area contributed by atoms with Gasteiger partial charge in [-0.05, 0) is 32.6 Å². The van der Waals surface area contributed by atoms with Crippen molar-refractivity contribution in [2.24, 2.45) is 0 Å². The van der Waals surface area contributed by atoms with Crippen LogP contribution in [0, 0.1) is 0 Å². The van der Waals surface area contributed by atoms with Gasteiger partial charge in [0.2, 0.25) is 0 Å². The van der Waals surface area contributed by atoms with Gasteiger partial charge in [0, 0.05) is 23.2 Å². The Bertz CT molecular complexity index is 354. The third-order valence-electron chi connectivity index (χ3n) is 2.99. The van der Waals surface area contributed by atoms with E-state index in [1.165, 1.54) is 30.5 Å². The summed E-state index contributed by atoms with van der Waals surface area (Å²) < 4.78 is 0. The predicted molar refractivity (Wildman–Crippen MR) is 67.1 cm³/mol. The number of halogens is 1. The van der Waals surface area contributed by atoms with E-state index in [-0.39, 0.29) is 6.04 Å². The molecule has 16 heavy (non-hydrogen) atoms. The fourth-order valence-corrected chi connectivity index (χ4v) is 2.17. The first-order valence-electron chi connectivity index (χ1n) is 5.96. The van der Waals surface area contributed by atoms with Crippen LogP contribution in [-0.4, -0.2) is 21.9 Å². The summed E-state index contributed by atoms with van der Waals surface area (Å²) in [6.07, 6.45) is 7.61. The Morgan fingerprint density at radius 3 is 2.94 bits per heavy atom. The van der Waals surface area contributed by atoms with Crippen molar-refractivity contribution in [2.45, 2.75) is 45.1 Å². The fourth-order valence-electron chi connectivity index (χ4n) is 2.09. The predicted octanol–water partition coefficient (Wildman–Crippen LogP) is 2.78. The molecule has 2 rings (SSSR count). The van der Waals surface area contributed by atoms with E-state index in [9.17, 15) is 0 Å². The number of hydrogen-bond acceptors (Lipinski definition) is 3. The molecule has 0 fully saturated rings. The molecule has 1 aliphatic carbocycles. The fraction of sp³-hybridized carbons (Fsp3) is 0.667. The van der Waals surface area contributed by atoms with Crippen molar-refractivity contribution in [3.63, 3.8) is 0 Å². The van der Waals surface area contributed by atoms with Crippen molar-refractivity contribution >= 4 is 17.4 Å². The molecule has 0 saturated carbocycles. The standard InChI is InChI=1S/C12H18ClN3/c1-9(7-13)16-12-10-5-3-2-4-6-11(10)14-8-15-12/h8-9H,2-7H2,1H3,(H,14,15,16). The van der Waals surface area contributed by atoms with E-state index in [1.54, 1.807) is 6.33 Å². The molecule has 1 unspecified atom stereocenters. The minimum absolute atomic E-state index is 0.254. The average molecular weight is 240 g/mol. The third-order valence-corrected chi connectivity index (χ3v) is 3.45. The van der Waals surface area contributed by atoms with E-state index >= 15 is 0 Å². The highest BCUT2D eigenvalue weighted by molar-refractivity contribution is 6.18. The lowest BCUT2D eigenvalue weighted by atomic mass is 10.1. The molecular weight excluding hydrogens is 222 g/mol. The Labute approximate surface area is 102 Å². The van der Waals surface area contributed by atoms with Crippen molar-refractivity contribution < 1.29 is 0 Å². The minimum atomic E-state index is 0.254. The molecule has 88 valence electrons. The highest BCUT2D eigenvalue weighted by atomic mass is 35.5. The first-order valence-corrected chi connectivity index (χ1v) is 6.50. The third kappa shape index (κ3) is 2.64. The summed E-state index contributed by atoms with van der Waals surface area (Å²) >= 11 is 5.81. The Hall–Kier alpha value is -0.830. The summed E-state index contributed by atoms with van der Waals surface area (Å²) in [5, 5.41) is 3.36. The highest BCUT2D eigenvalue weighted by Gasteiger charge is 2.15. The molecule has 0 aromatic carbocycles. The molecule has 0 radical (unpaired) electrons. The topological polar surface area (TPSA) is 37.8 Å². The summed E-state index contributed by atoms with van der Waals surface area (Å²) in [7, 11) is 0. The summed E-state index contributed by atoms with van der Waals surface area (Å²) in [6, 6.07) is 0.254. The summed E-state index contributed by atoms with van der Waals surface area (Å²) in [6.45, 7) is 2.07. The Morgan fingerprint density at radius 2 is 2.12 bits per heavy atom. The summed E-state index contributed by atoms with van der Waals surface area (Å²) in [5.41, 5.74) is 2.52. The van der Waals surface area contributed by atoms with Crippen LogP contribution in [0.25, 0.3) is 0 Å². The molecule has 1 aliphatic rings. The van der Waals surface area contributed by atoms with E-state index in [2.05, 4.69) is 22.2 Å². The van der Waals surface area contributed by atoms with Crippen LogP contribution in [0.15, 0.2) is 6.33 Å². The number of nitrogens with zero attached hydrogens (tertiary/aromatic N) is 2. The molecule has 1 aromatic rings. The van der Waals surface area contributed by atoms with Crippen LogP contribution >= 0.6 is 11.6 Å². The Balaban J connectivity index is 2.24. The van der Waals surface area contributed by atoms with Gasteiger partial charge in [-0.3, -0.25) is 0 Å². The molecule has 0 saturated heterocycles. The largest absolute Gasteiger partial charge is 0.366 e. The van der Waals surface area contributed by atoms with E-state index in [4.69, 9.17) is 11.6 Å². The molecule has 1 atom stereocenters. The molecule has 1 aromatic heterocycles. The first kappa shape index (κ1) is 11.6. The van der Waals surface area contributed by atoms with Gasteiger partial charge in [-0.15, -0.1) is 11.6 Å². The molecule has 4 heteroatoms. The van der Waals surface area contributed by atoms with Crippen LogP contribution in [-0.2, 0) is 12.8 Å². The van der Waals surface area contributed by atoms with Gasteiger partial charge in [-0.1, -0.05) is 6.42 Å². The normalized spacial score (nSPS) is 17.4. The highest BCUT2D eigenvalue weighted by Crippen LogP contribution is 2.24. The maximum absolute atomic E-state index is 5.81. The number of hydrogen-bond donors (Lipinski definition) is 1. The minimum Gasteiger partial charge on any atom is -0.366 e. The van der Waals surface area contributed by atoms with Gasteiger partial charge in [0.1, 0.15) is 12.1 Å². The summed E-state index contributed by atoms with van der Waals surface area (Å²) in [4.78, 5) is 8.73. The number of nitrogens with one attached hydrogen (secondary N) is 1. The first-order chi connectivity index (χ1) is 7.81. The van der Waals surface area contributed by atoms with Crippen LogP contribution in [0.5, 0.6) is 0 Å². The van der Waals surface area contributed by atoms with Crippen molar-refractivity contribution in [1.82, 2.24) is 9.97 Å². The number of anilines is 1. The number of aryl methyl sites for hydroxylation is 1. The second-order valence-corrected chi connectivity index (χ2v) is 4.72. The van der Waals surface area contributed by atoms with E-state index in [0.29, 0.717) is 5.88 Å². The lowest BCUT2D eigenvalue weighted by molar-refractivity contribution is 0.708. The molecule has 0 spiro atoms. The van der Waals surface area contributed by atoms with E-state index in [1.807, 2.05) is 0 Å². The smallest absolute Gasteiger partial charge is 0.133 e. The van der Waals surface area contributed by atoms with Crippen LogP contribution in [0.3, 0.4) is 0 Å². The van der Waals surface area contributed by atoms with Crippen molar-refractivity contribution in [1.29, 1.82) is 0 Å². The van der Waals surface area contributed by atoms with Crippen molar-refractivity contribution in [2.75, 3.05) is 11.2 Å². The van der Waals surface area contributed by atoms with E-state index in [0.717, 1.165) is 18.7 Å². The van der Waals surface area contributed by atoms with Crippen LogP contribution in [0.1, 0.15) is 37.4 Å². The second-order valence-electron chi connectivity index (χ2n) is 4.41. The lowest BCUT2D eigenvalue weighted by Gasteiger charge is -2.15. The number of alkyl halides is 1. The lowest BCUT2D eigenvalue weighted by Crippen LogP contribution is -2.19. The number of rotatable bonds is 3.